The maximum absolute atomic E-state index is 6.45. The second-order valence-corrected chi connectivity index (χ2v) is 7.45. The molecule has 0 unspecified atom stereocenters. The van der Waals surface area contributed by atoms with E-state index in [1.807, 2.05) is 12.1 Å². The van der Waals surface area contributed by atoms with Crippen LogP contribution in [0.15, 0.2) is 78.9 Å². The van der Waals surface area contributed by atoms with Gasteiger partial charge in [-0.3, -0.25) is 0 Å². The van der Waals surface area contributed by atoms with Crippen LogP contribution in [0.25, 0.3) is 0 Å². The highest BCUT2D eigenvalue weighted by Gasteiger charge is 2.14. The summed E-state index contributed by atoms with van der Waals surface area (Å²) in [4.78, 5) is 0. The van der Waals surface area contributed by atoms with Crippen LogP contribution in [0.3, 0.4) is 0 Å². The summed E-state index contributed by atoms with van der Waals surface area (Å²) in [5.41, 5.74) is 5.06. The second-order valence-electron chi connectivity index (χ2n) is 6.01. The average molecular weight is 318 g/mol. The zero-order valence-corrected chi connectivity index (χ0v) is 15.1. The summed E-state index contributed by atoms with van der Waals surface area (Å²) in [6.45, 7) is 4.30. The van der Waals surface area contributed by atoms with E-state index in [9.17, 15) is 0 Å². The van der Waals surface area contributed by atoms with Crippen molar-refractivity contribution < 1.29 is 4.43 Å². The highest BCUT2D eigenvalue weighted by atomic mass is 28.2. The van der Waals surface area contributed by atoms with Gasteiger partial charge in [0.25, 0.3) is 0 Å². The second kappa shape index (κ2) is 7.40. The molecule has 0 aliphatic carbocycles. The van der Waals surface area contributed by atoms with Crippen LogP contribution in [-0.2, 0) is 4.43 Å². The molecule has 0 fully saturated rings. The fourth-order valence-electron chi connectivity index (χ4n) is 2.97. The van der Waals surface area contributed by atoms with Crippen molar-refractivity contribution in [2.45, 2.75) is 20.0 Å². The Balaban J connectivity index is 1.85. The van der Waals surface area contributed by atoms with Gasteiger partial charge in [0.2, 0.25) is 0 Å². The third-order valence-electron chi connectivity index (χ3n) is 3.90. The minimum absolute atomic E-state index is 0.0184. The molecule has 0 atom stereocenters. The molecular formula is C21H22OSi. The molecule has 0 radical (unpaired) electrons. The molecule has 3 rings (SSSR count). The summed E-state index contributed by atoms with van der Waals surface area (Å²) in [6, 6.07) is 27.7. The topological polar surface area (TPSA) is 9.23 Å². The third kappa shape index (κ3) is 4.18. The predicted molar refractivity (Wildman–Crippen MR) is 99.9 cm³/mol. The first-order valence-electron chi connectivity index (χ1n) is 8.01. The molecule has 1 nitrogen and oxygen atoms in total. The van der Waals surface area contributed by atoms with Gasteiger partial charge in [-0.25, -0.2) is 0 Å². The van der Waals surface area contributed by atoms with Crippen molar-refractivity contribution in [1.82, 2.24) is 0 Å². The van der Waals surface area contributed by atoms with Crippen LogP contribution in [0.1, 0.15) is 28.4 Å². The first-order valence-corrected chi connectivity index (χ1v) is 9.29. The lowest BCUT2D eigenvalue weighted by Crippen LogP contribution is -2.21. The van der Waals surface area contributed by atoms with Gasteiger partial charge >= 0.3 is 0 Å². The summed E-state index contributed by atoms with van der Waals surface area (Å²) < 4.78 is 6.45. The number of hydrogen-bond acceptors (Lipinski definition) is 1. The van der Waals surface area contributed by atoms with E-state index in [1.165, 1.54) is 27.4 Å². The van der Waals surface area contributed by atoms with Crippen LogP contribution < -0.4 is 5.19 Å². The minimum atomic E-state index is -0.789. The highest BCUT2D eigenvalue weighted by Crippen LogP contribution is 2.25. The Labute approximate surface area is 140 Å². The molecule has 0 bridgehead atoms. The maximum atomic E-state index is 6.45. The van der Waals surface area contributed by atoms with Gasteiger partial charge in [-0.05, 0) is 30.2 Å². The van der Waals surface area contributed by atoms with Crippen molar-refractivity contribution >= 4 is 14.9 Å². The van der Waals surface area contributed by atoms with Crippen molar-refractivity contribution in [3.05, 3.63) is 101 Å². The molecule has 2 heteroatoms. The van der Waals surface area contributed by atoms with Gasteiger partial charge in [0.15, 0.2) is 9.76 Å². The van der Waals surface area contributed by atoms with E-state index in [1.54, 1.807) is 0 Å². The van der Waals surface area contributed by atoms with Crippen LogP contribution in [0, 0.1) is 13.8 Å². The van der Waals surface area contributed by atoms with Crippen molar-refractivity contribution in [1.29, 1.82) is 0 Å². The van der Waals surface area contributed by atoms with E-state index in [2.05, 4.69) is 80.6 Å². The zero-order valence-electron chi connectivity index (χ0n) is 13.7. The molecule has 0 heterocycles. The Hall–Kier alpha value is -2.16. The van der Waals surface area contributed by atoms with Gasteiger partial charge in [-0.15, -0.1) is 0 Å². The van der Waals surface area contributed by atoms with Gasteiger partial charge < -0.3 is 4.43 Å². The van der Waals surface area contributed by atoms with E-state index in [4.69, 9.17) is 4.43 Å². The van der Waals surface area contributed by atoms with Gasteiger partial charge in [-0.1, -0.05) is 90.0 Å². The standard InChI is InChI=1S/C21H22OSi/c1-16-13-17(2)15-20(14-16)23-22-21(18-9-5-3-6-10-18)19-11-7-4-8-12-19/h3-15,21H,23H2,1-2H3. The molecular weight excluding hydrogens is 296 g/mol. The van der Waals surface area contributed by atoms with Crippen molar-refractivity contribution in [3.8, 4) is 0 Å². The predicted octanol–water partition coefficient (Wildman–Crippen LogP) is 3.82. The van der Waals surface area contributed by atoms with Crippen LogP contribution in [-0.4, -0.2) is 9.76 Å². The van der Waals surface area contributed by atoms with Gasteiger partial charge in [0.1, 0.15) is 0 Å². The molecule has 0 aliphatic rings. The van der Waals surface area contributed by atoms with E-state index in [-0.39, 0.29) is 6.10 Å². The fourth-order valence-corrected chi connectivity index (χ4v) is 4.53. The molecule has 0 saturated carbocycles. The number of rotatable bonds is 5. The third-order valence-corrected chi connectivity index (χ3v) is 5.14. The Morgan fingerprint density at radius 1 is 0.696 bits per heavy atom. The Morgan fingerprint density at radius 3 is 1.65 bits per heavy atom. The summed E-state index contributed by atoms with van der Waals surface area (Å²) in [7, 11) is -0.789. The number of benzene rings is 3. The summed E-state index contributed by atoms with van der Waals surface area (Å²) in [5, 5.41) is 1.36. The quantitative estimate of drug-likeness (QED) is 0.650. The molecule has 0 saturated heterocycles. The Bertz CT molecular complexity index is 694. The Morgan fingerprint density at radius 2 is 1.17 bits per heavy atom. The molecule has 0 N–H and O–H groups in total. The highest BCUT2D eigenvalue weighted by molar-refractivity contribution is 6.47. The zero-order chi connectivity index (χ0) is 16.1. The lowest BCUT2D eigenvalue weighted by molar-refractivity contribution is 0.266. The van der Waals surface area contributed by atoms with E-state index in [0.29, 0.717) is 0 Å². The largest absolute Gasteiger partial charge is 0.408 e. The van der Waals surface area contributed by atoms with Gasteiger partial charge in [0.05, 0.1) is 6.10 Å². The first-order chi connectivity index (χ1) is 11.2. The molecule has 0 aliphatic heterocycles. The van der Waals surface area contributed by atoms with Crippen LogP contribution in [0.5, 0.6) is 0 Å². The number of aryl methyl sites for hydroxylation is 2. The van der Waals surface area contributed by atoms with Crippen LogP contribution in [0.4, 0.5) is 0 Å². The molecule has 3 aromatic carbocycles. The van der Waals surface area contributed by atoms with E-state index in [0.717, 1.165) is 0 Å². The molecule has 0 amide bonds. The maximum Gasteiger partial charge on any atom is 0.193 e. The summed E-state index contributed by atoms with van der Waals surface area (Å²) in [6.07, 6.45) is 0.0184. The lowest BCUT2D eigenvalue weighted by Gasteiger charge is -2.19. The van der Waals surface area contributed by atoms with Crippen molar-refractivity contribution in [2.75, 3.05) is 0 Å². The fraction of sp³-hybridized carbons (Fsp3) is 0.143. The van der Waals surface area contributed by atoms with Gasteiger partial charge in [0, 0.05) is 0 Å². The first kappa shape index (κ1) is 15.7. The smallest absolute Gasteiger partial charge is 0.193 e. The molecule has 3 aromatic rings. The monoisotopic (exact) mass is 318 g/mol. The van der Waals surface area contributed by atoms with Crippen LogP contribution in [0.2, 0.25) is 0 Å². The molecule has 0 aromatic heterocycles. The summed E-state index contributed by atoms with van der Waals surface area (Å²) >= 11 is 0. The molecule has 0 spiro atoms. The van der Waals surface area contributed by atoms with Crippen LogP contribution >= 0.6 is 0 Å². The van der Waals surface area contributed by atoms with E-state index < -0.39 is 9.76 Å². The number of hydrogen-bond donors (Lipinski definition) is 0. The van der Waals surface area contributed by atoms with Crippen molar-refractivity contribution in [3.63, 3.8) is 0 Å². The summed E-state index contributed by atoms with van der Waals surface area (Å²) in [5.74, 6) is 0. The average Bonchev–Trinajstić information content (AvgIpc) is 2.56. The Kier molecular flexibility index (Phi) is 5.06. The SMILES string of the molecule is Cc1cc(C)cc([SiH2]OC(c2ccccc2)c2ccccc2)c1. The van der Waals surface area contributed by atoms with Gasteiger partial charge in [-0.2, -0.15) is 0 Å². The van der Waals surface area contributed by atoms with E-state index >= 15 is 0 Å². The minimum Gasteiger partial charge on any atom is -0.408 e. The lowest BCUT2D eigenvalue weighted by atomic mass is 10.0. The molecule has 23 heavy (non-hydrogen) atoms. The normalized spacial score (nSPS) is 11.4. The molecule has 116 valence electrons. The van der Waals surface area contributed by atoms with Crippen molar-refractivity contribution in [2.24, 2.45) is 0 Å².